The molecule has 1 heterocycles. The van der Waals surface area contributed by atoms with E-state index in [4.69, 9.17) is 5.11 Å². The van der Waals surface area contributed by atoms with E-state index in [-0.39, 0.29) is 17.9 Å². The van der Waals surface area contributed by atoms with Crippen LogP contribution in [0.2, 0.25) is 0 Å². The summed E-state index contributed by atoms with van der Waals surface area (Å²) >= 11 is 0. The van der Waals surface area contributed by atoms with Gasteiger partial charge in [-0.3, -0.25) is 9.59 Å². The number of hydrogen-bond donors (Lipinski definition) is 3. The lowest BCUT2D eigenvalue weighted by Gasteiger charge is -2.30. The number of aliphatic carboxylic acids is 1. The molecular formula is C18H25N3O4. The number of rotatable bonds is 5. The van der Waals surface area contributed by atoms with Crippen molar-refractivity contribution in [3.8, 4) is 0 Å². The predicted molar refractivity (Wildman–Crippen MR) is 95.5 cm³/mol. The Hall–Kier alpha value is -2.57. The van der Waals surface area contributed by atoms with Gasteiger partial charge in [-0.1, -0.05) is 13.8 Å². The highest BCUT2D eigenvalue weighted by molar-refractivity contribution is 5.92. The predicted octanol–water partition coefficient (Wildman–Crippen LogP) is 3.00. The number of carbonyl (C=O) groups is 3. The van der Waals surface area contributed by atoms with E-state index in [1.807, 2.05) is 13.8 Å². The number of anilines is 2. The SMILES string of the molecule is CC(C)CC(=O)Nc1ccc(NC(=O)N2CCC(C(=O)O)CC2)cc1. The molecule has 1 aliphatic heterocycles. The van der Waals surface area contributed by atoms with Gasteiger partial charge in [0.2, 0.25) is 5.91 Å². The third-order valence-electron chi connectivity index (χ3n) is 4.14. The van der Waals surface area contributed by atoms with Crippen LogP contribution in [0.1, 0.15) is 33.1 Å². The van der Waals surface area contributed by atoms with E-state index in [0.717, 1.165) is 0 Å². The third-order valence-corrected chi connectivity index (χ3v) is 4.14. The first-order valence-corrected chi connectivity index (χ1v) is 8.54. The number of carboxylic acid groups (broad SMARTS) is 1. The summed E-state index contributed by atoms with van der Waals surface area (Å²) in [6.45, 7) is 4.84. The number of benzene rings is 1. The van der Waals surface area contributed by atoms with Crippen LogP contribution in [0.3, 0.4) is 0 Å². The number of amides is 3. The van der Waals surface area contributed by atoms with E-state index in [2.05, 4.69) is 10.6 Å². The van der Waals surface area contributed by atoms with Crippen LogP contribution in [0.5, 0.6) is 0 Å². The lowest BCUT2D eigenvalue weighted by molar-refractivity contribution is -0.143. The Kier molecular flexibility index (Phi) is 6.38. The van der Waals surface area contributed by atoms with E-state index in [1.54, 1.807) is 29.2 Å². The van der Waals surface area contributed by atoms with Crippen LogP contribution >= 0.6 is 0 Å². The van der Waals surface area contributed by atoms with Crippen LogP contribution < -0.4 is 10.6 Å². The van der Waals surface area contributed by atoms with Gasteiger partial charge < -0.3 is 20.6 Å². The summed E-state index contributed by atoms with van der Waals surface area (Å²) in [6, 6.07) is 6.70. The van der Waals surface area contributed by atoms with Crippen molar-refractivity contribution in [2.24, 2.45) is 11.8 Å². The van der Waals surface area contributed by atoms with Gasteiger partial charge in [0.15, 0.2) is 0 Å². The van der Waals surface area contributed by atoms with Crippen molar-refractivity contribution < 1.29 is 19.5 Å². The highest BCUT2D eigenvalue weighted by atomic mass is 16.4. The fraction of sp³-hybridized carbons (Fsp3) is 0.500. The van der Waals surface area contributed by atoms with E-state index in [9.17, 15) is 14.4 Å². The number of urea groups is 1. The number of nitrogens with zero attached hydrogens (tertiary/aromatic N) is 1. The zero-order valence-electron chi connectivity index (χ0n) is 14.6. The molecule has 0 spiro atoms. The Morgan fingerprint density at radius 3 is 2.08 bits per heavy atom. The minimum absolute atomic E-state index is 0.0342. The van der Waals surface area contributed by atoms with Crippen LogP contribution in [0.4, 0.5) is 16.2 Å². The number of likely N-dealkylation sites (tertiary alicyclic amines) is 1. The highest BCUT2D eigenvalue weighted by Crippen LogP contribution is 2.19. The molecule has 1 aliphatic rings. The van der Waals surface area contributed by atoms with Crippen LogP contribution in [0.15, 0.2) is 24.3 Å². The molecule has 3 N–H and O–H groups in total. The second-order valence-corrected chi connectivity index (χ2v) is 6.75. The lowest BCUT2D eigenvalue weighted by Crippen LogP contribution is -2.42. The summed E-state index contributed by atoms with van der Waals surface area (Å²) in [7, 11) is 0. The Bertz CT molecular complexity index is 620. The summed E-state index contributed by atoms with van der Waals surface area (Å²) in [5.74, 6) is -0.898. The largest absolute Gasteiger partial charge is 0.481 e. The van der Waals surface area contributed by atoms with Crippen molar-refractivity contribution in [1.29, 1.82) is 0 Å². The zero-order chi connectivity index (χ0) is 18.4. The molecule has 1 fully saturated rings. The van der Waals surface area contributed by atoms with E-state index in [1.165, 1.54) is 0 Å². The molecule has 0 aromatic heterocycles. The van der Waals surface area contributed by atoms with Gasteiger partial charge in [0.05, 0.1) is 5.92 Å². The van der Waals surface area contributed by atoms with Gasteiger partial charge in [-0.15, -0.1) is 0 Å². The summed E-state index contributed by atoms with van der Waals surface area (Å²) in [5, 5.41) is 14.6. The van der Waals surface area contributed by atoms with Crippen molar-refractivity contribution >= 4 is 29.3 Å². The molecular weight excluding hydrogens is 322 g/mol. The fourth-order valence-corrected chi connectivity index (χ4v) is 2.75. The van der Waals surface area contributed by atoms with Gasteiger partial charge in [0, 0.05) is 30.9 Å². The maximum atomic E-state index is 12.2. The average molecular weight is 347 g/mol. The smallest absolute Gasteiger partial charge is 0.321 e. The van der Waals surface area contributed by atoms with E-state index in [0.29, 0.717) is 49.6 Å². The third kappa shape index (κ3) is 5.77. The average Bonchev–Trinajstić information content (AvgIpc) is 2.56. The molecule has 25 heavy (non-hydrogen) atoms. The Balaban J connectivity index is 1.83. The molecule has 1 saturated heterocycles. The molecule has 7 nitrogen and oxygen atoms in total. The molecule has 0 radical (unpaired) electrons. The first-order valence-electron chi connectivity index (χ1n) is 8.54. The Morgan fingerprint density at radius 2 is 1.60 bits per heavy atom. The second kappa shape index (κ2) is 8.50. The highest BCUT2D eigenvalue weighted by Gasteiger charge is 2.26. The first kappa shape index (κ1) is 18.8. The number of nitrogens with one attached hydrogen (secondary N) is 2. The molecule has 0 bridgehead atoms. The van der Waals surface area contributed by atoms with Gasteiger partial charge in [0.1, 0.15) is 0 Å². The molecule has 1 aromatic rings. The van der Waals surface area contributed by atoms with Crippen LogP contribution in [0, 0.1) is 11.8 Å². The minimum Gasteiger partial charge on any atom is -0.481 e. The van der Waals surface area contributed by atoms with Crippen molar-refractivity contribution in [2.45, 2.75) is 33.1 Å². The molecule has 136 valence electrons. The monoisotopic (exact) mass is 347 g/mol. The lowest BCUT2D eigenvalue weighted by atomic mass is 9.97. The van der Waals surface area contributed by atoms with Crippen LogP contribution in [-0.4, -0.2) is 41.0 Å². The first-order chi connectivity index (χ1) is 11.8. The van der Waals surface area contributed by atoms with Gasteiger partial charge in [-0.05, 0) is 43.0 Å². The molecule has 3 amide bonds. The maximum absolute atomic E-state index is 12.2. The molecule has 0 unspecified atom stereocenters. The summed E-state index contributed by atoms with van der Waals surface area (Å²) in [4.78, 5) is 36.5. The normalized spacial score (nSPS) is 15.1. The maximum Gasteiger partial charge on any atom is 0.321 e. The van der Waals surface area contributed by atoms with Gasteiger partial charge in [-0.25, -0.2) is 4.79 Å². The number of piperidine rings is 1. The fourth-order valence-electron chi connectivity index (χ4n) is 2.75. The Morgan fingerprint density at radius 1 is 1.08 bits per heavy atom. The van der Waals surface area contributed by atoms with E-state index >= 15 is 0 Å². The number of carboxylic acids is 1. The number of hydrogen-bond acceptors (Lipinski definition) is 3. The van der Waals surface area contributed by atoms with E-state index < -0.39 is 5.97 Å². The summed E-state index contributed by atoms with van der Waals surface area (Å²) in [5.41, 5.74) is 1.32. The topological polar surface area (TPSA) is 98.7 Å². The molecule has 0 aliphatic carbocycles. The molecule has 0 saturated carbocycles. The van der Waals surface area contributed by atoms with Gasteiger partial charge in [-0.2, -0.15) is 0 Å². The quantitative estimate of drug-likeness (QED) is 0.762. The van der Waals surface area contributed by atoms with Crippen molar-refractivity contribution in [3.63, 3.8) is 0 Å². The second-order valence-electron chi connectivity index (χ2n) is 6.75. The summed E-state index contributed by atoms with van der Waals surface area (Å²) in [6.07, 6.45) is 1.41. The van der Waals surface area contributed by atoms with Crippen LogP contribution in [-0.2, 0) is 9.59 Å². The summed E-state index contributed by atoms with van der Waals surface area (Å²) < 4.78 is 0. The van der Waals surface area contributed by atoms with Crippen molar-refractivity contribution in [1.82, 2.24) is 4.90 Å². The van der Waals surface area contributed by atoms with Gasteiger partial charge in [0.25, 0.3) is 0 Å². The van der Waals surface area contributed by atoms with Gasteiger partial charge >= 0.3 is 12.0 Å². The molecule has 2 rings (SSSR count). The zero-order valence-corrected chi connectivity index (χ0v) is 14.6. The Labute approximate surface area is 147 Å². The standard InChI is InChI=1S/C18H25N3O4/c1-12(2)11-16(22)19-14-3-5-15(6-4-14)20-18(25)21-9-7-13(8-10-21)17(23)24/h3-6,12-13H,7-11H2,1-2H3,(H,19,22)(H,20,25)(H,23,24). The molecule has 7 heteroatoms. The van der Waals surface area contributed by atoms with Crippen molar-refractivity contribution in [3.05, 3.63) is 24.3 Å². The minimum atomic E-state index is -0.796. The van der Waals surface area contributed by atoms with Crippen molar-refractivity contribution in [2.75, 3.05) is 23.7 Å². The molecule has 0 atom stereocenters. The molecule has 1 aromatic carbocycles. The van der Waals surface area contributed by atoms with Crippen LogP contribution in [0.25, 0.3) is 0 Å². The number of carbonyl (C=O) groups excluding carboxylic acids is 2.